The minimum absolute atomic E-state index is 0.0333. The Hall–Kier alpha value is -3.19. The first-order chi connectivity index (χ1) is 12.6. The van der Waals surface area contributed by atoms with E-state index in [4.69, 9.17) is 4.74 Å². The lowest BCUT2D eigenvalue weighted by Gasteiger charge is -2.30. The number of nitro groups is 1. The second-order valence-corrected chi connectivity index (χ2v) is 6.29. The molecule has 3 aromatic rings. The standard InChI is InChI=1S/C19H17N3O4/c1-26-19(23)16-10-14-13-4-2-3-5-15(13)20-18(14)17(21-16)11-6-8-12(9-7-11)22(24)25/h2-9,16-17,20-21H,10H2,1H3/t16-,17+/m0/s1. The number of benzene rings is 2. The molecule has 26 heavy (non-hydrogen) atoms. The Morgan fingerprint density at radius 3 is 2.62 bits per heavy atom. The molecule has 0 aliphatic carbocycles. The normalized spacial score (nSPS) is 19.1. The summed E-state index contributed by atoms with van der Waals surface area (Å²) < 4.78 is 4.93. The predicted octanol–water partition coefficient (Wildman–Crippen LogP) is 2.85. The summed E-state index contributed by atoms with van der Waals surface area (Å²) in [4.78, 5) is 26.1. The first kappa shape index (κ1) is 16.3. The van der Waals surface area contributed by atoms with Gasteiger partial charge in [0.1, 0.15) is 6.04 Å². The van der Waals surface area contributed by atoms with Crippen LogP contribution in [0.1, 0.15) is 22.9 Å². The maximum atomic E-state index is 12.2. The van der Waals surface area contributed by atoms with Crippen molar-refractivity contribution in [2.75, 3.05) is 7.11 Å². The minimum atomic E-state index is -0.480. The Labute approximate surface area is 149 Å². The Morgan fingerprint density at radius 1 is 1.19 bits per heavy atom. The van der Waals surface area contributed by atoms with Crippen molar-refractivity contribution in [1.29, 1.82) is 0 Å². The number of fused-ring (bicyclic) bond motifs is 3. The van der Waals surface area contributed by atoms with Crippen LogP contribution in [-0.4, -0.2) is 29.0 Å². The van der Waals surface area contributed by atoms with Gasteiger partial charge in [-0.15, -0.1) is 0 Å². The number of aromatic amines is 1. The van der Waals surface area contributed by atoms with Gasteiger partial charge in [0.15, 0.2) is 0 Å². The van der Waals surface area contributed by atoms with E-state index in [-0.39, 0.29) is 17.7 Å². The number of aromatic nitrogens is 1. The lowest BCUT2D eigenvalue weighted by Crippen LogP contribution is -2.45. The highest BCUT2D eigenvalue weighted by atomic mass is 16.6. The molecular formula is C19H17N3O4. The summed E-state index contributed by atoms with van der Waals surface area (Å²) in [7, 11) is 1.37. The zero-order valence-electron chi connectivity index (χ0n) is 14.1. The first-order valence-corrected chi connectivity index (χ1v) is 8.26. The molecule has 0 saturated carbocycles. The van der Waals surface area contributed by atoms with Crippen molar-refractivity contribution < 1.29 is 14.5 Å². The summed E-state index contributed by atoms with van der Waals surface area (Å²) in [5, 5.41) is 15.3. The van der Waals surface area contributed by atoms with Crippen LogP contribution < -0.4 is 5.32 Å². The second kappa shape index (κ2) is 6.27. The smallest absolute Gasteiger partial charge is 0.323 e. The summed E-state index contributed by atoms with van der Waals surface area (Å²) in [6, 6.07) is 13.5. The average Bonchev–Trinajstić information content (AvgIpc) is 3.05. The molecule has 1 aromatic heterocycles. The molecule has 1 aliphatic heterocycles. The van der Waals surface area contributed by atoms with E-state index in [1.807, 2.05) is 24.3 Å². The number of methoxy groups -OCH3 is 1. The van der Waals surface area contributed by atoms with Gasteiger partial charge in [0.2, 0.25) is 0 Å². The van der Waals surface area contributed by atoms with Gasteiger partial charge in [-0.05, 0) is 17.2 Å². The molecule has 7 heteroatoms. The van der Waals surface area contributed by atoms with Gasteiger partial charge < -0.3 is 9.72 Å². The highest BCUT2D eigenvalue weighted by Gasteiger charge is 2.34. The second-order valence-electron chi connectivity index (χ2n) is 6.29. The van der Waals surface area contributed by atoms with Crippen LogP contribution in [0.4, 0.5) is 5.69 Å². The first-order valence-electron chi connectivity index (χ1n) is 8.26. The van der Waals surface area contributed by atoms with E-state index in [1.165, 1.54) is 19.2 Å². The lowest BCUT2D eigenvalue weighted by molar-refractivity contribution is -0.384. The van der Waals surface area contributed by atoms with Crippen LogP contribution >= 0.6 is 0 Å². The van der Waals surface area contributed by atoms with E-state index in [9.17, 15) is 14.9 Å². The Bertz CT molecular complexity index is 994. The maximum absolute atomic E-state index is 12.2. The van der Waals surface area contributed by atoms with Gasteiger partial charge in [0.25, 0.3) is 5.69 Å². The van der Waals surface area contributed by atoms with Crippen molar-refractivity contribution in [1.82, 2.24) is 10.3 Å². The molecule has 132 valence electrons. The fourth-order valence-corrected chi connectivity index (χ4v) is 3.58. The van der Waals surface area contributed by atoms with Crippen molar-refractivity contribution in [3.8, 4) is 0 Å². The molecule has 0 unspecified atom stereocenters. The summed E-state index contributed by atoms with van der Waals surface area (Å²) in [5.74, 6) is -0.326. The third-order valence-electron chi connectivity index (χ3n) is 4.83. The zero-order chi connectivity index (χ0) is 18.3. The molecule has 2 N–H and O–H groups in total. The van der Waals surface area contributed by atoms with Gasteiger partial charge in [-0.3, -0.25) is 20.2 Å². The van der Waals surface area contributed by atoms with Crippen LogP contribution in [-0.2, 0) is 16.0 Å². The fraction of sp³-hybridized carbons (Fsp3) is 0.211. The number of non-ortho nitro benzene ring substituents is 1. The fourth-order valence-electron chi connectivity index (χ4n) is 3.58. The largest absolute Gasteiger partial charge is 0.468 e. The van der Waals surface area contributed by atoms with Crippen LogP contribution in [0.5, 0.6) is 0 Å². The number of ether oxygens (including phenoxy) is 1. The molecule has 2 heterocycles. The number of hydrogen-bond acceptors (Lipinski definition) is 5. The number of esters is 1. The summed E-state index contributed by atoms with van der Waals surface area (Å²) >= 11 is 0. The third kappa shape index (κ3) is 2.62. The topological polar surface area (TPSA) is 97.3 Å². The Morgan fingerprint density at radius 2 is 1.92 bits per heavy atom. The molecule has 0 radical (unpaired) electrons. The van der Waals surface area contributed by atoms with Crippen molar-refractivity contribution in [3.05, 3.63) is 75.5 Å². The van der Waals surface area contributed by atoms with Crippen LogP contribution in [0.25, 0.3) is 10.9 Å². The van der Waals surface area contributed by atoms with Gasteiger partial charge in [-0.1, -0.05) is 30.3 Å². The molecule has 4 rings (SSSR count). The number of nitrogens with one attached hydrogen (secondary N) is 2. The molecule has 0 amide bonds. The van der Waals surface area contributed by atoms with E-state index in [2.05, 4.69) is 10.3 Å². The third-order valence-corrected chi connectivity index (χ3v) is 4.83. The van der Waals surface area contributed by atoms with Gasteiger partial charge >= 0.3 is 5.97 Å². The van der Waals surface area contributed by atoms with Crippen molar-refractivity contribution in [3.63, 3.8) is 0 Å². The Balaban J connectivity index is 1.83. The SMILES string of the molecule is COC(=O)[C@@H]1Cc2c([nH]c3ccccc23)[C@@H](c2ccc([N+](=O)[O-])cc2)N1. The molecular weight excluding hydrogens is 334 g/mol. The van der Waals surface area contributed by atoms with Crippen molar-refractivity contribution in [2.45, 2.75) is 18.5 Å². The van der Waals surface area contributed by atoms with Gasteiger partial charge in [-0.25, -0.2) is 0 Å². The van der Waals surface area contributed by atoms with Gasteiger partial charge in [0, 0.05) is 35.2 Å². The van der Waals surface area contributed by atoms with E-state index in [0.29, 0.717) is 6.42 Å². The molecule has 7 nitrogen and oxygen atoms in total. The average molecular weight is 351 g/mol. The number of rotatable bonds is 3. The van der Waals surface area contributed by atoms with Crippen molar-refractivity contribution >= 4 is 22.6 Å². The molecule has 0 bridgehead atoms. The van der Waals surface area contributed by atoms with Gasteiger partial charge in [0.05, 0.1) is 18.1 Å². The molecule has 0 fully saturated rings. The molecule has 0 saturated heterocycles. The number of hydrogen-bond donors (Lipinski definition) is 2. The van der Waals surface area contributed by atoms with E-state index in [1.54, 1.807) is 12.1 Å². The number of nitro benzene ring substituents is 1. The molecule has 0 spiro atoms. The minimum Gasteiger partial charge on any atom is -0.468 e. The van der Waals surface area contributed by atoms with E-state index in [0.717, 1.165) is 27.7 Å². The van der Waals surface area contributed by atoms with E-state index < -0.39 is 11.0 Å². The highest BCUT2D eigenvalue weighted by molar-refractivity contribution is 5.87. The molecule has 1 aliphatic rings. The quantitative estimate of drug-likeness (QED) is 0.430. The Kier molecular flexibility index (Phi) is 3.93. The number of H-pyrrole nitrogens is 1. The summed E-state index contributed by atoms with van der Waals surface area (Å²) in [6.07, 6.45) is 0.523. The van der Waals surface area contributed by atoms with Crippen LogP contribution in [0.3, 0.4) is 0 Å². The number of para-hydroxylation sites is 1. The van der Waals surface area contributed by atoms with Crippen LogP contribution in [0.2, 0.25) is 0 Å². The zero-order valence-corrected chi connectivity index (χ0v) is 14.1. The monoisotopic (exact) mass is 351 g/mol. The van der Waals surface area contributed by atoms with E-state index >= 15 is 0 Å². The highest BCUT2D eigenvalue weighted by Crippen LogP contribution is 2.35. The number of carbonyl (C=O) groups is 1. The van der Waals surface area contributed by atoms with Crippen LogP contribution in [0.15, 0.2) is 48.5 Å². The summed E-state index contributed by atoms with van der Waals surface area (Å²) in [5.41, 5.74) is 3.91. The molecule has 2 atom stereocenters. The van der Waals surface area contributed by atoms with Crippen LogP contribution in [0, 0.1) is 10.1 Å². The summed E-state index contributed by atoms with van der Waals surface area (Å²) in [6.45, 7) is 0. The van der Waals surface area contributed by atoms with Gasteiger partial charge in [-0.2, -0.15) is 0 Å². The maximum Gasteiger partial charge on any atom is 0.323 e. The predicted molar refractivity (Wildman–Crippen MR) is 95.9 cm³/mol. The van der Waals surface area contributed by atoms with Crippen molar-refractivity contribution in [2.24, 2.45) is 0 Å². The molecule has 2 aromatic carbocycles. The lowest BCUT2D eigenvalue weighted by atomic mass is 9.90. The number of carbonyl (C=O) groups excluding carboxylic acids is 1. The number of nitrogens with zero attached hydrogens (tertiary/aromatic N) is 1.